The van der Waals surface area contributed by atoms with Crippen LogP contribution in [0.15, 0.2) is 47.6 Å². The average Bonchev–Trinajstić information content (AvgIpc) is 3.62. The standard InChI is InChI=1S/C33H40N8O6S.CH5N/c1-6-41-24(14-20(2)39-41)31(45)38-32-40(30-26(48-32)17-22(18-37-30)29(35)44)12-8-7-11-36-28-23(34)15-21(19-42)16-25(28)46-13-9-10-27(43)47-33(3,4)5;1-2/h7-8,14-19,36H,6,9-13,34H2,1-5H3,(H2,35,44);2H2,1H3/b8-7+,38-32?;. The van der Waals surface area contributed by atoms with Crippen molar-refractivity contribution in [2.75, 3.05) is 31.2 Å². The molecule has 3 heterocycles. The number of primary amides is 1. The molecule has 4 rings (SSSR count). The van der Waals surface area contributed by atoms with Crippen LogP contribution in [-0.4, -0.2) is 69.2 Å². The minimum atomic E-state index is -0.612. The third-order valence-corrected chi connectivity index (χ3v) is 7.78. The van der Waals surface area contributed by atoms with Gasteiger partial charge in [-0.15, -0.1) is 0 Å². The minimum Gasteiger partial charge on any atom is -0.491 e. The van der Waals surface area contributed by atoms with Crippen molar-refractivity contribution in [1.29, 1.82) is 0 Å². The molecule has 0 aliphatic rings. The summed E-state index contributed by atoms with van der Waals surface area (Å²) in [4.78, 5) is 57.7. The molecule has 0 fully saturated rings. The Balaban J connectivity index is 0.00000332. The second-order valence-electron chi connectivity index (χ2n) is 11.8. The second-order valence-corrected chi connectivity index (χ2v) is 12.8. The molecule has 0 atom stereocenters. The summed E-state index contributed by atoms with van der Waals surface area (Å²) in [6.45, 7) is 10.5. The number of fused-ring (bicyclic) bond motifs is 1. The predicted molar refractivity (Wildman–Crippen MR) is 193 cm³/mol. The number of rotatable bonds is 14. The smallest absolute Gasteiger partial charge is 0.306 e. The zero-order chi connectivity index (χ0) is 37.0. The van der Waals surface area contributed by atoms with Crippen LogP contribution in [0.5, 0.6) is 5.75 Å². The number of carbonyl (C=O) groups is 4. The third-order valence-electron chi connectivity index (χ3n) is 6.77. The van der Waals surface area contributed by atoms with Gasteiger partial charge in [-0.05, 0) is 72.4 Å². The summed E-state index contributed by atoms with van der Waals surface area (Å²) in [6.07, 6.45) is 6.39. The van der Waals surface area contributed by atoms with Crippen LogP contribution in [0.1, 0.15) is 77.4 Å². The number of aryl methyl sites for hydroxylation is 2. The first kappa shape index (κ1) is 39.1. The van der Waals surface area contributed by atoms with Crippen molar-refractivity contribution in [1.82, 2.24) is 19.3 Å². The number of hydrogen-bond donors (Lipinski definition) is 4. The van der Waals surface area contributed by atoms with E-state index in [1.165, 1.54) is 24.6 Å². The number of ether oxygens (including phenoxy) is 2. The summed E-state index contributed by atoms with van der Waals surface area (Å²) in [7, 11) is 1.50. The fraction of sp³-hybridized carbons (Fsp3) is 0.382. The number of amides is 2. The van der Waals surface area contributed by atoms with Gasteiger partial charge in [0.15, 0.2) is 10.4 Å². The van der Waals surface area contributed by atoms with Crippen LogP contribution in [0.4, 0.5) is 11.4 Å². The lowest BCUT2D eigenvalue weighted by Crippen LogP contribution is -2.24. The van der Waals surface area contributed by atoms with Crippen molar-refractivity contribution < 1.29 is 28.7 Å². The SMILES string of the molecule is CCn1nc(C)cc1C(=O)N=c1sc2cc(C(N)=O)cnc2n1C/C=C/CNc1c(N)cc(C=O)cc1OCCCC(=O)OC(C)(C)C.CN. The van der Waals surface area contributed by atoms with Gasteiger partial charge in [0.2, 0.25) is 5.91 Å². The molecule has 0 unspecified atom stereocenters. The predicted octanol–water partition coefficient (Wildman–Crippen LogP) is 3.60. The summed E-state index contributed by atoms with van der Waals surface area (Å²) in [5, 5.41) is 7.57. The zero-order valence-electron chi connectivity index (χ0n) is 29.2. The molecule has 0 bridgehead atoms. The molecule has 4 aromatic rings. The van der Waals surface area contributed by atoms with Crippen LogP contribution in [0.25, 0.3) is 10.3 Å². The van der Waals surface area contributed by atoms with E-state index >= 15 is 0 Å². The summed E-state index contributed by atoms with van der Waals surface area (Å²) in [5.41, 5.74) is 18.7. The largest absolute Gasteiger partial charge is 0.491 e. The van der Waals surface area contributed by atoms with Gasteiger partial charge in [0.25, 0.3) is 5.91 Å². The molecule has 0 radical (unpaired) electrons. The number of esters is 1. The highest BCUT2D eigenvalue weighted by Gasteiger charge is 2.17. The molecule has 0 saturated carbocycles. The number of nitrogens with one attached hydrogen (secondary N) is 1. The molecule has 2 amide bonds. The molecule has 16 heteroatoms. The van der Waals surface area contributed by atoms with E-state index in [9.17, 15) is 19.2 Å². The Morgan fingerprint density at radius 2 is 1.86 bits per heavy atom. The molecule has 7 N–H and O–H groups in total. The van der Waals surface area contributed by atoms with Gasteiger partial charge in [0, 0.05) is 37.8 Å². The Morgan fingerprint density at radius 1 is 1.12 bits per heavy atom. The van der Waals surface area contributed by atoms with Gasteiger partial charge in [-0.25, -0.2) is 4.98 Å². The first-order valence-electron chi connectivity index (χ1n) is 15.9. The van der Waals surface area contributed by atoms with Crippen molar-refractivity contribution in [3.63, 3.8) is 0 Å². The second kappa shape index (κ2) is 17.9. The summed E-state index contributed by atoms with van der Waals surface area (Å²) >= 11 is 1.22. The Bertz CT molecular complexity index is 1940. The van der Waals surface area contributed by atoms with E-state index in [-0.39, 0.29) is 24.6 Å². The number of nitrogens with two attached hydrogens (primary N) is 3. The van der Waals surface area contributed by atoms with E-state index in [4.69, 9.17) is 20.9 Å². The van der Waals surface area contributed by atoms with E-state index in [0.29, 0.717) is 81.6 Å². The molecular weight excluding hydrogens is 662 g/mol. The van der Waals surface area contributed by atoms with Gasteiger partial charge >= 0.3 is 5.97 Å². The lowest BCUT2D eigenvalue weighted by molar-refractivity contribution is -0.155. The molecule has 15 nitrogen and oxygen atoms in total. The number of allylic oxidation sites excluding steroid dienone is 1. The number of anilines is 2. The molecule has 3 aromatic heterocycles. The summed E-state index contributed by atoms with van der Waals surface area (Å²) in [5.74, 6) is -1.01. The number of aldehydes is 1. The van der Waals surface area contributed by atoms with Crippen LogP contribution < -0.4 is 32.1 Å². The topological polar surface area (TPSA) is 225 Å². The van der Waals surface area contributed by atoms with Gasteiger partial charge in [0.1, 0.15) is 29.0 Å². The van der Waals surface area contributed by atoms with Crippen LogP contribution in [-0.2, 0) is 22.6 Å². The van der Waals surface area contributed by atoms with Crippen molar-refractivity contribution in [3.8, 4) is 5.75 Å². The van der Waals surface area contributed by atoms with Crippen molar-refractivity contribution in [2.45, 2.75) is 66.2 Å². The lowest BCUT2D eigenvalue weighted by atomic mass is 10.1. The first-order chi connectivity index (χ1) is 23.8. The average molecular weight is 708 g/mol. The highest BCUT2D eigenvalue weighted by Crippen LogP contribution is 2.32. The maximum Gasteiger partial charge on any atom is 0.306 e. The maximum absolute atomic E-state index is 13.2. The third kappa shape index (κ3) is 10.6. The van der Waals surface area contributed by atoms with E-state index in [1.807, 2.05) is 46.8 Å². The first-order valence-corrected chi connectivity index (χ1v) is 16.7. The normalized spacial score (nSPS) is 11.7. The van der Waals surface area contributed by atoms with E-state index < -0.39 is 17.4 Å². The Morgan fingerprint density at radius 3 is 2.52 bits per heavy atom. The number of nitrogens with zero attached hydrogens (tertiary/aromatic N) is 5. The molecule has 50 heavy (non-hydrogen) atoms. The fourth-order valence-corrected chi connectivity index (χ4v) is 5.73. The van der Waals surface area contributed by atoms with E-state index in [0.717, 1.165) is 0 Å². The van der Waals surface area contributed by atoms with Crippen LogP contribution in [0.3, 0.4) is 0 Å². The zero-order valence-corrected chi connectivity index (χ0v) is 30.0. The number of thiazole rings is 1. The number of hydrogen-bond acceptors (Lipinski definition) is 12. The number of carbonyl (C=O) groups excluding carboxylic acids is 4. The maximum atomic E-state index is 13.2. The number of pyridine rings is 1. The summed E-state index contributed by atoms with van der Waals surface area (Å²) in [6, 6.07) is 6.44. The molecule has 1 aromatic carbocycles. The number of aromatic nitrogens is 4. The Hall–Kier alpha value is -5.35. The molecule has 0 aliphatic carbocycles. The van der Waals surface area contributed by atoms with Crippen molar-refractivity contribution in [3.05, 3.63) is 69.9 Å². The quantitative estimate of drug-likeness (QED) is 0.0487. The fourth-order valence-electron chi connectivity index (χ4n) is 4.69. The minimum absolute atomic E-state index is 0.182. The van der Waals surface area contributed by atoms with Gasteiger partial charge < -0.3 is 32.0 Å². The van der Waals surface area contributed by atoms with E-state index in [2.05, 4.69) is 26.1 Å². The van der Waals surface area contributed by atoms with Gasteiger partial charge in [-0.3, -0.25) is 28.4 Å². The van der Waals surface area contributed by atoms with Crippen LogP contribution in [0.2, 0.25) is 0 Å². The Kier molecular flexibility index (Phi) is 14.0. The Labute approximate surface area is 294 Å². The molecule has 0 aliphatic heterocycles. The molecule has 268 valence electrons. The van der Waals surface area contributed by atoms with Crippen molar-refractivity contribution in [2.24, 2.45) is 16.5 Å². The number of nitrogen functional groups attached to an aromatic ring is 1. The van der Waals surface area contributed by atoms with Gasteiger partial charge in [-0.2, -0.15) is 10.1 Å². The molecular formula is C34H45N9O6S. The monoisotopic (exact) mass is 707 g/mol. The van der Waals surface area contributed by atoms with Crippen LogP contribution in [0, 0.1) is 6.92 Å². The molecule has 0 spiro atoms. The lowest BCUT2D eigenvalue weighted by Gasteiger charge is -2.19. The van der Waals surface area contributed by atoms with E-state index in [1.54, 1.807) is 33.5 Å². The number of benzene rings is 1. The van der Waals surface area contributed by atoms with Gasteiger partial charge in [-0.1, -0.05) is 23.5 Å². The van der Waals surface area contributed by atoms with Gasteiger partial charge in [0.05, 0.1) is 28.3 Å². The summed E-state index contributed by atoms with van der Waals surface area (Å²) < 4.78 is 15.3. The van der Waals surface area contributed by atoms with Crippen LogP contribution >= 0.6 is 11.3 Å². The highest BCUT2D eigenvalue weighted by molar-refractivity contribution is 7.16. The highest BCUT2D eigenvalue weighted by atomic mass is 32.1. The van der Waals surface area contributed by atoms with Crippen molar-refractivity contribution >= 4 is 57.1 Å². The molecule has 0 saturated heterocycles.